The third-order valence-electron chi connectivity index (χ3n) is 4.21. The molecule has 2 amide bonds. The van der Waals surface area contributed by atoms with Gasteiger partial charge in [0.25, 0.3) is 0 Å². The van der Waals surface area contributed by atoms with Crippen molar-refractivity contribution in [1.29, 1.82) is 0 Å². The molecule has 1 aromatic heterocycles. The summed E-state index contributed by atoms with van der Waals surface area (Å²) in [4.78, 5) is 18.4. The second-order valence-electron chi connectivity index (χ2n) is 6.58. The zero-order valence-electron chi connectivity index (χ0n) is 15.0. The molecule has 2 N–H and O–H groups in total. The van der Waals surface area contributed by atoms with Gasteiger partial charge < -0.3 is 24.6 Å². The minimum absolute atomic E-state index is 0.151. The van der Waals surface area contributed by atoms with E-state index in [0.717, 1.165) is 5.56 Å². The van der Waals surface area contributed by atoms with Crippen molar-refractivity contribution in [3.05, 3.63) is 41.5 Å². The average Bonchev–Trinajstić information content (AvgIpc) is 3.11. The number of hydrogen-bond acceptors (Lipinski definition) is 6. The molecule has 0 saturated carbocycles. The van der Waals surface area contributed by atoms with E-state index in [2.05, 4.69) is 15.5 Å². The first-order valence-electron chi connectivity index (χ1n) is 8.78. The smallest absolute Gasteiger partial charge is 0.317 e. The minimum atomic E-state index is -0.244. The highest BCUT2D eigenvalue weighted by atomic mass is 16.5. The fourth-order valence-corrected chi connectivity index (χ4v) is 2.75. The van der Waals surface area contributed by atoms with Crippen LogP contribution in [0.4, 0.5) is 4.79 Å². The Morgan fingerprint density at radius 2 is 2.31 bits per heavy atom. The van der Waals surface area contributed by atoms with Crippen LogP contribution in [0.15, 0.2) is 28.8 Å². The molecule has 26 heavy (non-hydrogen) atoms. The van der Waals surface area contributed by atoms with E-state index in [0.29, 0.717) is 44.4 Å². The summed E-state index contributed by atoms with van der Waals surface area (Å²) in [6.07, 6.45) is 0.248. The molecule has 8 heteroatoms. The number of carbonyl (C=O) groups is 1. The van der Waals surface area contributed by atoms with Gasteiger partial charge in [-0.05, 0) is 17.7 Å². The second-order valence-corrected chi connectivity index (χ2v) is 6.58. The number of phenolic OH excluding ortho intramolecular Hbond substituents is 1. The minimum Gasteiger partial charge on any atom is -0.508 e. The van der Waals surface area contributed by atoms with Gasteiger partial charge >= 0.3 is 6.03 Å². The Labute approximate surface area is 152 Å². The lowest BCUT2D eigenvalue weighted by Crippen LogP contribution is -2.47. The summed E-state index contributed by atoms with van der Waals surface area (Å²) in [5, 5.41) is 16.4. The number of nitrogens with one attached hydrogen (secondary N) is 1. The van der Waals surface area contributed by atoms with Crippen molar-refractivity contribution in [2.24, 2.45) is 0 Å². The van der Waals surface area contributed by atoms with Gasteiger partial charge in [0, 0.05) is 25.4 Å². The molecular weight excluding hydrogens is 336 g/mol. The van der Waals surface area contributed by atoms with E-state index in [9.17, 15) is 9.90 Å². The highest BCUT2D eigenvalue weighted by Gasteiger charge is 2.25. The summed E-state index contributed by atoms with van der Waals surface area (Å²) >= 11 is 0. The number of urea groups is 1. The summed E-state index contributed by atoms with van der Waals surface area (Å²) in [5.41, 5.74) is 0.856. The van der Waals surface area contributed by atoms with Crippen molar-refractivity contribution in [1.82, 2.24) is 20.4 Å². The first-order valence-corrected chi connectivity index (χ1v) is 8.78. The van der Waals surface area contributed by atoms with Crippen LogP contribution in [0.25, 0.3) is 0 Å². The fourth-order valence-electron chi connectivity index (χ4n) is 2.75. The molecule has 1 aromatic carbocycles. The van der Waals surface area contributed by atoms with Gasteiger partial charge in [0.1, 0.15) is 11.9 Å². The van der Waals surface area contributed by atoms with Gasteiger partial charge in [0.05, 0.1) is 13.2 Å². The molecule has 0 bridgehead atoms. The van der Waals surface area contributed by atoms with Crippen LogP contribution in [0.2, 0.25) is 0 Å². The van der Waals surface area contributed by atoms with Crippen LogP contribution >= 0.6 is 0 Å². The SMILES string of the molecule is CC(C)c1noc(CCNC(=O)N2CCO[C@@H](c3cccc(O)c3)C2)n1. The molecular formula is C18H24N4O4. The Morgan fingerprint density at radius 1 is 1.46 bits per heavy atom. The summed E-state index contributed by atoms with van der Waals surface area (Å²) in [6.45, 7) is 5.84. The predicted molar refractivity (Wildman–Crippen MR) is 93.9 cm³/mol. The van der Waals surface area contributed by atoms with E-state index >= 15 is 0 Å². The lowest BCUT2D eigenvalue weighted by atomic mass is 10.1. The molecule has 3 rings (SSSR count). The zero-order chi connectivity index (χ0) is 18.5. The Kier molecular flexibility index (Phi) is 5.72. The maximum absolute atomic E-state index is 12.4. The Balaban J connectivity index is 1.49. The second kappa shape index (κ2) is 8.18. The highest BCUT2D eigenvalue weighted by Crippen LogP contribution is 2.24. The maximum Gasteiger partial charge on any atom is 0.317 e. The van der Waals surface area contributed by atoms with Crippen molar-refractivity contribution < 1.29 is 19.2 Å². The molecule has 2 heterocycles. The molecule has 1 atom stereocenters. The molecule has 0 spiro atoms. The molecule has 140 valence electrons. The van der Waals surface area contributed by atoms with Gasteiger partial charge in [-0.15, -0.1) is 0 Å². The van der Waals surface area contributed by atoms with Crippen LogP contribution in [0, 0.1) is 0 Å². The topological polar surface area (TPSA) is 101 Å². The van der Waals surface area contributed by atoms with Gasteiger partial charge in [0.2, 0.25) is 5.89 Å². The van der Waals surface area contributed by atoms with Crippen molar-refractivity contribution in [3.8, 4) is 5.75 Å². The fraction of sp³-hybridized carbons (Fsp3) is 0.500. The summed E-state index contributed by atoms with van der Waals surface area (Å²) in [6, 6.07) is 6.77. The van der Waals surface area contributed by atoms with E-state index in [1.165, 1.54) is 0 Å². The standard InChI is InChI=1S/C18H24N4O4/c1-12(2)17-20-16(26-21-17)6-7-19-18(24)22-8-9-25-15(11-22)13-4-3-5-14(23)10-13/h3-5,10,12,15,23H,6-9,11H2,1-2H3,(H,19,24)/t15-/m1/s1. The quantitative estimate of drug-likeness (QED) is 0.848. The number of aromatic hydroxyl groups is 1. The van der Waals surface area contributed by atoms with Crippen molar-refractivity contribution in [2.75, 3.05) is 26.2 Å². The number of carbonyl (C=O) groups excluding carboxylic acids is 1. The molecule has 8 nitrogen and oxygen atoms in total. The lowest BCUT2D eigenvalue weighted by molar-refractivity contribution is -0.0154. The predicted octanol–water partition coefficient (Wildman–Crippen LogP) is 2.22. The molecule has 1 fully saturated rings. The molecule has 1 aliphatic rings. The summed E-state index contributed by atoms with van der Waals surface area (Å²) in [5.74, 6) is 1.60. The van der Waals surface area contributed by atoms with Crippen molar-refractivity contribution in [3.63, 3.8) is 0 Å². The third-order valence-corrected chi connectivity index (χ3v) is 4.21. The number of phenols is 1. The van der Waals surface area contributed by atoms with Crippen molar-refractivity contribution >= 4 is 6.03 Å². The van der Waals surface area contributed by atoms with E-state index in [1.54, 1.807) is 23.1 Å². The summed E-state index contributed by atoms with van der Waals surface area (Å²) < 4.78 is 10.9. The molecule has 0 radical (unpaired) electrons. The largest absolute Gasteiger partial charge is 0.508 e. The van der Waals surface area contributed by atoms with Crippen LogP contribution in [0.3, 0.4) is 0 Å². The van der Waals surface area contributed by atoms with Crippen LogP contribution in [0.1, 0.15) is 43.1 Å². The van der Waals surface area contributed by atoms with Crippen LogP contribution < -0.4 is 5.32 Å². The molecule has 2 aromatic rings. The van der Waals surface area contributed by atoms with E-state index < -0.39 is 0 Å². The summed E-state index contributed by atoms with van der Waals surface area (Å²) in [7, 11) is 0. The molecule has 1 saturated heterocycles. The first-order chi connectivity index (χ1) is 12.5. The zero-order valence-corrected chi connectivity index (χ0v) is 15.0. The normalized spacial score (nSPS) is 17.5. The molecule has 0 unspecified atom stereocenters. The number of rotatable bonds is 5. The van der Waals surface area contributed by atoms with Gasteiger partial charge in [-0.3, -0.25) is 0 Å². The van der Waals surface area contributed by atoms with Crippen LogP contribution in [0.5, 0.6) is 5.75 Å². The van der Waals surface area contributed by atoms with E-state index in [4.69, 9.17) is 9.26 Å². The van der Waals surface area contributed by atoms with Crippen molar-refractivity contribution in [2.45, 2.75) is 32.3 Å². The number of benzene rings is 1. The maximum atomic E-state index is 12.4. The lowest BCUT2D eigenvalue weighted by Gasteiger charge is -2.33. The monoisotopic (exact) mass is 360 g/mol. The highest BCUT2D eigenvalue weighted by molar-refractivity contribution is 5.74. The number of hydrogen-bond donors (Lipinski definition) is 2. The molecule has 1 aliphatic heterocycles. The first kappa shape index (κ1) is 18.2. The average molecular weight is 360 g/mol. The Morgan fingerprint density at radius 3 is 3.04 bits per heavy atom. The van der Waals surface area contributed by atoms with Crippen LogP contribution in [-0.4, -0.2) is 52.4 Å². The van der Waals surface area contributed by atoms with E-state index in [1.807, 2.05) is 19.9 Å². The Bertz CT molecular complexity index is 746. The van der Waals surface area contributed by atoms with E-state index in [-0.39, 0.29) is 23.8 Å². The number of ether oxygens (including phenoxy) is 1. The van der Waals surface area contributed by atoms with Gasteiger partial charge in [-0.25, -0.2) is 4.79 Å². The Hall–Kier alpha value is -2.61. The van der Waals surface area contributed by atoms with Crippen LogP contribution in [-0.2, 0) is 11.2 Å². The number of morpholine rings is 1. The molecule has 0 aliphatic carbocycles. The van der Waals surface area contributed by atoms with Gasteiger partial charge in [0.15, 0.2) is 5.82 Å². The third kappa shape index (κ3) is 4.51. The van der Waals surface area contributed by atoms with Gasteiger partial charge in [-0.2, -0.15) is 4.98 Å². The number of nitrogens with zero attached hydrogens (tertiary/aromatic N) is 3. The number of aromatic nitrogens is 2. The number of amides is 2. The van der Waals surface area contributed by atoms with Gasteiger partial charge in [-0.1, -0.05) is 31.1 Å².